The Bertz CT molecular complexity index is 686. The minimum Gasteiger partial charge on any atom is -0.353 e. The highest BCUT2D eigenvalue weighted by atomic mass is 35.5. The Morgan fingerprint density at radius 3 is 2.57 bits per heavy atom. The number of thioether (sulfide) groups is 1. The molecule has 0 radical (unpaired) electrons. The summed E-state index contributed by atoms with van der Waals surface area (Å²) in [5.41, 5.74) is 0. The Morgan fingerprint density at radius 1 is 1.25 bits per heavy atom. The van der Waals surface area contributed by atoms with Crippen molar-refractivity contribution < 1.29 is 9.59 Å². The predicted molar refractivity (Wildman–Crippen MR) is 114 cm³/mol. The summed E-state index contributed by atoms with van der Waals surface area (Å²) in [6.07, 6.45) is 1.45. The van der Waals surface area contributed by atoms with Gasteiger partial charge in [0.05, 0.1) is 5.75 Å². The van der Waals surface area contributed by atoms with Gasteiger partial charge in [-0.05, 0) is 27.2 Å². The van der Waals surface area contributed by atoms with Crippen molar-refractivity contribution in [1.82, 2.24) is 19.8 Å². The fourth-order valence-electron chi connectivity index (χ4n) is 3.30. The third kappa shape index (κ3) is 5.98. The van der Waals surface area contributed by atoms with Gasteiger partial charge in [-0.15, -0.1) is 0 Å². The first-order valence-corrected chi connectivity index (χ1v) is 11.2. The zero-order valence-corrected chi connectivity index (χ0v) is 18.7. The van der Waals surface area contributed by atoms with E-state index in [-0.39, 0.29) is 23.6 Å². The lowest BCUT2D eigenvalue weighted by Gasteiger charge is -2.40. The van der Waals surface area contributed by atoms with Crippen molar-refractivity contribution in [3.05, 3.63) is 11.2 Å². The molecule has 156 valence electrons. The monoisotopic (exact) mass is 427 g/mol. The Morgan fingerprint density at radius 2 is 1.96 bits per heavy atom. The van der Waals surface area contributed by atoms with Crippen LogP contribution in [0.2, 0.25) is 5.15 Å². The molecule has 0 saturated carbocycles. The second-order valence-electron chi connectivity index (χ2n) is 6.82. The molecule has 7 nitrogen and oxygen atoms in total. The molecule has 1 aliphatic heterocycles. The van der Waals surface area contributed by atoms with Gasteiger partial charge in [0.25, 0.3) is 0 Å². The number of nitrogens with zero attached hydrogens (tertiary/aromatic N) is 5. The number of hydrogen-bond donors (Lipinski definition) is 0. The predicted octanol–water partition coefficient (Wildman–Crippen LogP) is 2.93. The molecule has 1 aromatic rings. The third-order valence-electron chi connectivity index (χ3n) is 4.84. The van der Waals surface area contributed by atoms with E-state index >= 15 is 0 Å². The van der Waals surface area contributed by atoms with E-state index in [0.29, 0.717) is 49.5 Å². The quantitative estimate of drug-likeness (QED) is 0.361. The molecule has 0 spiro atoms. The van der Waals surface area contributed by atoms with Gasteiger partial charge in [0, 0.05) is 51.3 Å². The maximum absolute atomic E-state index is 12.2. The molecule has 0 aromatic carbocycles. The van der Waals surface area contributed by atoms with Gasteiger partial charge in [-0.1, -0.05) is 30.3 Å². The molecule has 28 heavy (non-hydrogen) atoms. The molecule has 2 rings (SSSR count). The number of carbonyl (C=O) groups is 2. The van der Waals surface area contributed by atoms with Crippen LogP contribution in [0.25, 0.3) is 0 Å². The van der Waals surface area contributed by atoms with Crippen LogP contribution in [0.5, 0.6) is 0 Å². The molecule has 0 N–H and O–H groups in total. The van der Waals surface area contributed by atoms with Crippen molar-refractivity contribution in [3.8, 4) is 0 Å². The average molecular weight is 428 g/mol. The minimum atomic E-state index is 0.0665. The van der Waals surface area contributed by atoms with Crippen molar-refractivity contribution >= 4 is 41.0 Å². The Kier molecular flexibility index (Phi) is 8.82. The molecular formula is C19H30ClN5O2S. The lowest BCUT2D eigenvalue weighted by Crippen LogP contribution is -2.54. The van der Waals surface area contributed by atoms with Gasteiger partial charge in [0.1, 0.15) is 11.0 Å². The van der Waals surface area contributed by atoms with E-state index in [1.54, 1.807) is 11.0 Å². The lowest BCUT2D eigenvalue weighted by atomic mass is 10.1. The number of rotatable bonds is 8. The molecule has 2 amide bonds. The fourth-order valence-corrected chi connectivity index (χ4v) is 4.28. The lowest BCUT2D eigenvalue weighted by molar-refractivity contribution is -0.133. The largest absolute Gasteiger partial charge is 0.353 e. The molecule has 1 fully saturated rings. The van der Waals surface area contributed by atoms with E-state index in [4.69, 9.17) is 11.6 Å². The van der Waals surface area contributed by atoms with Crippen LogP contribution in [0.15, 0.2) is 11.2 Å². The highest BCUT2D eigenvalue weighted by molar-refractivity contribution is 7.99. The van der Waals surface area contributed by atoms with Gasteiger partial charge < -0.3 is 14.7 Å². The topological polar surface area (TPSA) is 69.6 Å². The Hall–Kier alpha value is -1.54. The van der Waals surface area contributed by atoms with Crippen LogP contribution in [-0.4, -0.2) is 76.1 Å². The van der Waals surface area contributed by atoms with Crippen molar-refractivity contribution in [2.75, 3.05) is 43.4 Å². The second-order valence-corrected chi connectivity index (χ2v) is 8.15. The number of aromatic nitrogens is 2. The standard InChI is InChI=1S/C19H30ClN5O2S/c1-5-8-17(26)25-10-9-24(12-14(25)4)16-11-15(20)21-19(22-16)28-13-18(27)23(6-2)7-3/h11,14H,5-10,12-13H2,1-4H3. The molecule has 9 heteroatoms. The molecule has 1 atom stereocenters. The van der Waals surface area contributed by atoms with Crippen LogP contribution >= 0.6 is 23.4 Å². The molecule has 1 saturated heterocycles. The summed E-state index contributed by atoms with van der Waals surface area (Å²) in [5, 5.41) is 0.861. The van der Waals surface area contributed by atoms with Gasteiger partial charge >= 0.3 is 0 Å². The molecule has 1 aliphatic rings. The smallest absolute Gasteiger partial charge is 0.233 e. The van der Waals surface area contributed by atoms with Gasteiger partial charge in [-0.2, -0.15) is 0 Å². The van der Waals surface area contributed by atoms with Crippen LogP contribution in [0.1, 0.15) is 40.5 Å². The number of halogens is 1. The second kappa shape index (κ2) is 10.9. The van der Waals surface area contributed by atoms with Crippen LogP contribution in [0, 0.1) is 0 Å². The molecular weight excluding hydrogens is 398 g/mol. The van der Waals surface area contributed by atoms with E-state index in [9.17, 15) is 9.59 Å². The fraction of sp³-hybridized carbons (Fsp3) is 0.684. The van der Waals surface area contributed by atoms with Gasteiger partial charge in [-0.3, -0.25) is 9.59 Å². The summed E-state index contributed by atoms with van der Waals surface area (Å²) in [7, 11) is 0. The number of carbonyl (C=O) groups excluding carboxylic acids is 2. The van der Waals surface area contributed by atoms with Gasteiger partial charge in [0.2, 0.25) is 11.8 Å². The maximum atomic E-state index is 12.2. The normalized spacial score (nSPS) is 17.0. The van der Waals surface area contributed by atoms with E-state index in [1.165, 1.54) is 11.8 Å². The van der Waals surface area contributed by atoms with Crippen molar-refractivity contribution in [2.24, 2.45) is 0 Å². The SMILES string of the molecule is CCCC(=O)N1CCN(c2cc(Cl)nc(SCC(=O)N(CC)CC)n2)CC1C. The summed E-state index contributed by atoms with van der Waals surface area (Å²) in [4.78, 5) is 39.2. The highest BCUT2D eigenvalue weighted by Gasteiger charge is 2.28. The Balaban J connectivity index is 2.03. The van der Waals surface area contributed by atoms with Crippen molar-refractivity contribution in [3.63, 3.8) is 0 Å². The minimum absolute atomic E-state index is 0.0665. The van der Waals surface area contributed by atoms with Gasteiger partial charge in [-0.25, -0.2) is 9.97 Å². The number of amides is 2. The van der Waals surface area contributed by atoms with Crippen LogP contribution in [0.3, 0.4) is 0 Å². The number of anilines is 1. The van der Waals surface area contributed by atoms with E-state index in [2.05, 4.69) is 21.8 Å². The number of hydrogen-bond acceptors (Lipinski definition) is 6. The van der Waals surface area contributed by atoms with E-state index < -0.39 is 0 Å². The molecule has 2 heterocycles. The summed E-state index contributed by atoms with van der Waals surface area (Å²) >= 11 is 7.51. The number of piperazine rings is 1. The zero-order chi connectivity index (χ0) is 20.7. The summed E-state index contributed by atoms with van der Waals surface area (Å²) in [5.74, 6) is 1.31. The van der Waals surface area contributed by atoms with E-state index in [0.717, 1.165) is 12.2 Å². The first-order chi connectivity index (χ1) is 13.4. The molecule has 1 aromatic heterocycles. The average Bonchev–Trinajstić information content (AvgIpc) is 2.67. The molecule has 0 bridgehead atoms. The molecule has 0 aliphatic carbocycles. The maximum Gasteiger partial charge on any atom is 0.233 e. The van der Waals surface area contributed by atoms with Crippen molar-refractivity contribution in [1.29, 1.82) is 0 Å². The summed E-state index contributed by atoms with van der Waals surface area (Å²) in [6, 6.07) is 1.86. The van der Waals surface area contributed by atoms with Crippen LogP contribution < -0.4 is 4.90 Å². The molecule has 1 unspecified atom stereocenters. The third-order valence-corrected chi connectivity index (χ3v) is 5.86. The zero-order valence-electron chi connectivity index (χ0n) is 17.2. The first-order valence-electron chi connectivity index (χ1n) is 9.89. The van der Waals surface area contributed by atoms with Gasteiger partial charge in [0.15, 0.2) is 5.16 Å². The van der Waals surface area contributed by atoms with Crippen LogP contribution in [0.4, 0.5) is 5.82 Å². The van der Waals surface area contributed by atoms with Crippen molar-refractivity contribution in [2.45, 2.75) is 51.7 Å². The van der Waals surface area contributed by atoms with Crippen LogP contribution in [-0.2, 0) is 9.59 Å². The first kappa shape index (κ1) is 22.7. The Labute approximate surface area is 176 Å². The summed E-state index contributed by atoms with van der Waals surface area (Å²) < 4.78 is 0. The summed E-state index contributed by atoms with van der Waals surface area (Å²) in [6.45, 7) is 11.5. The van der Waals surface area contributed by atoms with E-state index in [1.807, 2.05) is 25.7 Å². The highest BCUT2D eigenvalue weighted by Crippen LogP contribution is 2.24.